The first-order chi connectivity index (χ1) is 17.2. The van der Waals surface area contributed by atoms with Gasteiger partial charge in [-0.15, -0.1) is 0 Å². The standard InChI is InChI=1S/C28H33F3N4O/c1-5-35-24-15-16-34(26(27(36)32-4)21-9-7-6-8-10-21)23(25(24)19(3)33-35)14-13-20-12-11-18(2)22(17-20)28(29,30)31/h6-12,17,23,26H,5,13-16H2,1-4H3,(H,32,36). The van der Waals surface area contributed by atoms with E-state index >= 15 is 0 Å². The first-order valence-electron chi connectivity index (χ1n) is 12.4. The third kappa shape index (κ3) is 5.05. The minimum Gasteiger partial charge on any atom is -0.358 e. The number of carbonyl (C=O) groups excluding carboxylic acids is 1. The van der Waals surface area contributed by atoms with Crippen molar-refractivity contribution in [1.82, 2.24) is 20.0 Å². The molecule has 1 aliphatic rings. The van der Waals surface area contributed by atoms with Crippen molar-refractivity contribution in [1.29, 1.82) is 0 Å². The number of nitrogens with one attached hydrogen (secondary N) is 1. The number of carbonyl (C=O) groups is 1. The molecule has 8 heteroatoms. The Kier molecular flexibility index (Phi) is 7.54. The Morgan fingerprint density at radius 2 is 1.89 bits per heavy atom. The molecule has 0 bridgehead atoms. The van der Waals surface area contributed by atoms with Gasteiger partial charge in [0.15, 0.2) is 0 Å². The molecule has 1 amide bonds. The maximum Gasteiger partial charge on any atom is 0.416 e. The first kappa shape index (κ1) is 25.9. The van der Waals surface area contributed by atoms with Crippen molar-refractivity contribution in [2.45, 2.75) is 64.8 Å². The number of aromatic nitrogens is 2. The van der Waals surface area contributed by atoms with E-state index in [1.807, 2.05) is 41.9 Å². The Hall–Kier alpha value is -3.13. The Morgan fingerprint density at radius 3 is 2.53 bits per heavy atom. The predicted molar refractivity (Wildman–Crippen MR) is 134 cm³/mol. The van der Waals surface area contributed by atoms with Crippen LogP contribution in [0.25, 0.3) is 0 Å². The highest BCUT2D eigenvalue weighted by Crippen LogP contribution is 2.41. The van der Waals surface area contributed by atoms with Crippen LogP contribution in [-0.4, -0.2) is 34.2 Å². The van der Waals surface area contributed by atoms with Crippen LogP contribution in [0, 0.1) is 13.8 Å². The van der Waals surface area contributed by atoms with Gasteiger partial charge < -0.3 is 5.32 Å². The highest BCUT2D eigenvalue weighted by atomic mass is 19.4. The van der Waals surface area contributed by atoms with E-state index < -0.39 is 17.8 Å². The number of likely N-dealkylation sites (N-methyl/N-ethyl adjacent to an activating group) is 1. The number of amides is 1. The van der Waals surface area contributed by atoms with Crippen LogP contribution < -0.4 is 5.32 Å². The lowest BCUT2D eigenvalue weighted by Crippen LogP contribution is -2.45. The van der Waals surface area contributed by atoms with Gasteiger partial charge in [0, 0.05) is 43.9 Å². The fourth-order valence-corrected chi connectivity index (χ4v) is 5.48. The predicted octanol–water partition coefficient (Wildman–Crippen LogP) is 5.56. The van der Waals surface area contributed by atoms with Crippen molar-refractivity contribution in [2.75, 3.05) is 13.6 Å². The van der Waals surface area contributed by atoms with Gasteiger partial charge in [0.25, 0.3) is 0 Å². The molecule has 1 N–H and O–H groups in total. The molecule has 1 aliphatic heterocycles. The highest BCUT2D eigenvalue weighted by molar-refractivity contribution is 5.83. The molecule has 2 atom stereocenters. The normalized spacial score (nSPS) is 17.0. The second kappa shape index (κ2) is 10.5. The largest absolute Gasteiger partial charge is 0.416 e. The van der Waals surface area contributed by atoms with E-state index in [1.54, 1.807) is 19.2 Å². The second-order valence-corrected chi connectivity index (χ2v) is 9.38. The second-order valence-electron chi connectivity index (χ2n) is 9.38. The summed E-state index contributed by atoms with van der Waals surface area (Å²) < 4.78 is 42.6. The molecular weight excluding hydrogens is 465 g/mol. The smallest absolute Gasteiger partial charge is 0.358 e. The van der Waals surface area contributed by atoms with Crippen molar-refractivity contribution < 1.29 is 18.0 Å². The van der Waals surface area contributed by atoms with E-state index in [2.05, 4.69) is 17.1 Å². The van der Waals surface area contributed by atoms with Crippen LogP contribution in [0.2, 0.25) is 0 Å². The van der Waals surface area contributed by atoms with E-state index in [-0.39, 0.29) is 17.5 Å². The van der Waals surface area contributed by atoms with Crippen LogP contribution in [0.4, 0.5) is 13.2 Å². The number of benzene rings is 2. The average Bonchev–Trinajstić information content (AvgIpc) is 3.19. The average molecular weight is 499 g/mol. The Morgan fingerprint density at radius 1 is 1.17 bits per heavy atom. The first-order valence-corrected chi connectivity index (χ1v) is 12.4. The maximum absolute atomic E-state index is 13.5. The molecule has 1 aromatic heterocycles. The number of halogens is 3. The molecular formula is C28H33F3N4O. The molecule has 2 heterocycles. The summed E-state index contributed by atoms with van der Waals surface area (Å²) in [6, 6.07) is 13.6. The number of aryl methyl sites for hydroxylation is 4. The monoisotopic (exact) mass is 498 g/mol. The summed E-state index contributed by atoms with van der Waals surface area (Å²) in [5.74, 6) is -0.107. The zero-order valence-corrected chi connectivity index (χ0v) is 21.2. The topological polar surface area (TPSA) is 50.2 Å². The van der Waals surface area contributed by atoms with E-state index in [9.17, 15) is 18.0 Å². The summed E-state index contributed by atoms with van der Waals surface area (Å²) >= 11 is 0. The van der Waals surface area contributed by atoms with Crippen LogP contribution in [0.1, 0.15) is 64.6 Å². The number of rotatable bonds is 7. The van der Waals surface area contributed by atoms with Crippen molar-refractivity contribution in [3.63, 3.8) is 0 Å². The molecule has 5 nitrogen and oxygen atoms in total. The number of fused-ring (bicyclic) bond motifs is 1. The minimum atomic E-state index is -4.39. The summed E-state index contributed by atoms with van der Waals surface area (Å²) in [5.41, 5.74) is 4.30. The molecule has 36 heavy (non-hydrogen) atoms. The van der Waals surface area contributed by atoms with Gasteiger partial charge in [-0.05, 0) is 56.4 Å². The zero-order chi connectivity index (χ0) is 26.0. The molecule has 0 saturated heterocycles. The van der Waals surface area contributed by atoms with Crippen LogP contribution in [0.3, 0.4) is 0 Å². The molecule has 2 aromatic carbocycles. The van der Waals surface area contributed by atoms with Crippen molar-refractivity contribution >= 4 is 5.91 Å². The van der Waals surface area contributed by atoms with Gasteiger partial charge >= 0.3 is 6.18 Å². The quantitative estimate of drug-likeness (QED) is 0.464. The fraction of sp³-hybridized carbons (Fsp3) is 0.429. The number of hydrogen-bond donors (Lipinski definition) is 1. The third-order valence-electron chi connectivity index (χ3n) is 7.18. The van der Waals surface area contributed by atoms with Gasteiger partial charge in [0.1, 0.15) is 6.04 Å². The SMILES string of the molecule is CCn1nc(C)c2c1CCN(C(C(=O)NC)c1ccccc1)C2CCc1ccc(C)c(C(F)(F)F)c1. The lowest BCUT2D eigenvalue weighted by Gasteiger charge is -2.41. The van der Waals surface area contributed by atoms with Gasteiger partial charge in [0.2, 0.25) is 5.91 Å². The van der Waals surface area contributed by atoms with Crippen LogP contribution in [0.15, 0.2) is 48.5 Å². The number of nitrogens with zero attached hydrogens (tertiary/aromatic N) is 3. The van der Waals surface area contributed by atoms with Gasteiger partial charge in [-0.2, -0.15) is 18.3 Å². The number of alkyl halides is 3. The summed E-state index contributed by atoms with van der Waals surface area (Å²) in [7, 11) is 1.63. The van der Waals surface area contributed by atoms with Gasteiger partial charge in [-0.1, -0.05) is 42.5 Å². The summed E-state index contributed by atoms with van der Waals surface area (Å²) in [5, 5.41) is 7.56. The molecule has 0 spiro atoms. The lowest BCUT2D eigenvalue weighted by molar-refractivity contribution is -0.138. The van der Waals surface area contributed by atoms with Crippen molar-refractivity contribution in [3.8, 4) is 0 Å². The van der Waals surface area contributed by atoms with Crippen molar-refractivity contribution in [2.24, 2.45) is 0 Å². The van der Waals surface area contributed by atoms with E-state index in [4.69, 9.17) is 5.10 Å². The maximum atomic E-state index is 13.5. The summed E-state index contributed by atoms with van der Waals surface area (Å²) in [6.45, 7) is 6.91. The third-order valence-corrected chi connectivity index (χ3v) is 7.18. The van der Waals surface area contributed by atoms with Gasteiger partial charge in [-0.25, -0.2) is 0 Å². The van der Waals surface area contributed by atoms with Crippen molar-refractivity contribution in [3.05, 3.63) is 87.7 Å². The zero-order valence-electron chi connectivity index (χ0n) is 21.2. The Balaban J connectivity index is 1.74. The van der Waals surface area contributed by atoms with Gasteiger partial charge in [0.05, 0.1) is 11.3 Å². The highest BCUT2D eigenvalue weighted by Gasteiger charge is 2.39. The molecule has 0 radical (unpaired) electrons. The number of hydrogen-bond acceptors (Lipinski definition) is 3. The molecule has 0 aliphatic carbocycles. The molecule has 4 rings (SSSR count). The Bertz CT molecular complexity index is 1220. The molecule has 3 aromatic rings. The van der Waals surface area contributed by atoms with Crippen LogP contribution in [0.5, 0.6) is 0 Å². The minimum absolute atomic E-state index is 0.107. The van der Waals surface area contributed by atoms with E-state index in [1.165, 1.54) is 13.0 Å². The van der Waals surface area contributed by atoms with Gasteiger partial charge in [-0.3, -0.25) is 14.4 Å². The lowest BCUT2D eigenvalue weighted by atomic mass is 9.88. The fourth-order valence-electron chi connectivity index (χ4n) is 5.48. The van der Waals surface area contributed by atoms with Crippen LogP contribution >= 0.6 is 0 Å². The molecule has 192 valence electrons. The van der Waals surface area contributed by atoms with Crippen LogP contribution in [-0.2, 0) is 30.4 Å². The molecule has 0 saturated carbocycles. The summed E-state index contributed by atoms with van der Waals surface area (Å²) in [6.07, 6.45) is -2.61. The summed E-state index contributed by atoms with van der Waals surface area (Å²) in [4.78, 5) is 15.4. The van der Waals surface area contributed by atoms with E-state index in [0.29, 0.717) is 24.9 Å². The molecule has 0 fully saturated rings. The van der Waals surface area contributed by atoms with E-state index in [0.717, 1.165) is 35.5 Å². The Labute approximate surface area is 210 Å². The molecule has 2 unspecified atom stereocenters.